The van der Waals surface area contributed by atoms with Gasteiger partial charge in [-0.25, -0.2) is 9.36 Å². The summed E-state index contributed by atoms with van der Waals surface area (Å²) >= 11 is 0. The third-order valence-electron chi connectivity index (χ3n) is 9.09. The summed E-state index contributed by atoms with van der Waals surface area (Å²) in [6, 6.07) is 30.7. The van der Waals surface area contributed by atoms with Crippen LogP contribution in [-0.4, -0.2) is 66.6 Å². The predicted octanol–water partition coefficient (Wildman–Crippen LogP) is 4.83. The molecule has 44 heavy (non-hydrogen) atoms. The van der Waals surface area contributed by atoms with E-state index in [4.69, 9.17) is 0 Å². The van der Waals surface area contributed by atoms with Crippen LogP contribution in [0.1, 0.15) is 48.9 Å². The van der Waals surface area contributed by atoms with Gasteiger partial charge in [0.25, 0.3) is 0 Å². The minimum Gasteiger partial charge on any atom is -0.316 e. The number of hydrogen-bond donors (Lipinski definition) is 2. The van der Waals surface area contributed by atoms with E-state index < -0.39 is 0 Å². The second kappa shape index (κ2) is 13.4. The summed E-state index contributed by atoms with van der Waals surface area (Å²) in [6.07, 6.45) is 8.27. The Labute approximate surface area is 256 Å². The molecule has 0 saturated carbocycles. The third-order valence-corrected chi connectivity index (χ3v) is 9.09. The Morgan fingerprint density at radius 3 is 1.41 bits per heavy atom. The van der Waals surface area contributed by atoms with Gasteiger partial charge in [-0.15, -0.1) is 10.2 Å². The Bertz CT molecular complexity index is 1620. The topological polar surface area (TPSA) is 111 Å². The van der Waals surface area contributed by atoms with Crippen LogP contribution in [0.25, 0.3) is 21.5 Å². The maximum absolute atomic E-state index is 4.18. The van der Waals surface area contributed by atoms with Crippen LogP contribution >= 0.6 is 0 Å². The van der Waals surface area contributed by atoms with E-state index in [-0.39, 0.29) is 12.1 Å². The second-order valence-electron chi connectivity index (χ2n) is 11.9. The molecule has 0 radical (unpaired) electrons. The highest BCUT2D eigenvalue weighted by Gasteiger charge is 2.29. The average molecular weight is 587 g/mol. The molecule has 2 saturated heterocycles. The third kappa shape index (κ3) is 6.22. The lowest BCUT2D eigenvalue weighted by molar-refractivity contribution is 0.279. The van der Waals surface area contributed by atoms with Crippen molar-refractivity contribution in [2.75, 3.05) is 26.2 Å². The molecule has 4 atom stereocenters. The smallest absolute Gasteiger partial charge is 0.138 e. The highest BCUT2D eigenvalue weighted by atomic mass is 15.5. The van der Waals surface area contributed by atoms with Crippen molar-refractivity contribution in [2.45, 2.75) is 37.8 Å². The average Bonchev–Trinajstić information content (AvgIpc) is 3.82. The summed E-state index contributed by atoms with van der Waals surface area (Å²) in [5.74, 6) is 1.02. The van der Waals surface area contributed by atoms with Gasteiger partial charge in [-0.3, -0.25) is 0 Å². The fourth-order valence-corrected chi connectivity index (χ4v) is 6.95. The van der Waals surface area contributed by atoms with E-state index in [1.54, 1.807) is 12.7 Å². The maximum Gasteiger partial charge on any atom is 0.138 e. The fourth-order valence-electron chi connectivity index (χ4n) is 6.95. The lowest BCUT2D eigenvalue weighted by Crippen LogP contribution is -2.36. The molecule has 224 valence electrons. The summed E-state index contributed by atoms with van der Waals surface area (Å²) in [5.41, 5.74) is 2.56. The first-order valence-corrected chi connectivity index (χ1v) is 15.7. The van der Waals surface area contributed by atoms with Crippen molar-refractivity contribution in [3.05, 3.63) is 109 Å². The molecule has 0 bridgehead atoms. The number of nitrogens with zero attached hydrogens (tertiary/aromatic N) is 8. The van der Waals surface area contributed by atoms with Crippen molar-refractivity contribution >= 4 is 21.5 Å². The monoisotopic (exact) mass is 586 g/mol. The van der Waals surface area contributed by atoms with E-state index in [0.29, 0.717) is 11.8 Å². The molecule has 0 aliphatic carbocycles. The molecule has 0 unspecified atom stereocenters. The molecule has 2 aromatic heterocycles. The number of hydrogen-bond acceptors (Lipinski definition) is 8. The lowest BCUT2D eigenvalue weighted by Gasteiger charge is -2.30. The Morgan fingerprint density at radius 2 is 1.02 bits per heavy atom. The van der Waals surface area contributed by atoms with Crippen LogP contribution in [0.4, 0.5) is 0 Å². The molecular formula is C34H38N10. The molecule has 4 heterocycles. The van der Waals surface area contributed by atoms with Crippen LogP contribution in [0.3, 0.4) is 0 Å². The van der Waals surface area contributed by atoms with Crippen molar-refractivity contribution in [2.24, 2.45) is 11.8 Å². The van der Waals surface area contributed by atoms with Crippen molar-refractivity contribution in [3.63, 3.8) is 0 Å². The summed E-state index contributed by atoms with van der Waals surface area (Å²) in [6.45, 7) is 4.24. The molecule has 2 N–H and O–H groups in total. The first-order chi connectivity index (χ1) is 21.8. The molecule has 6 aromatic rings. The fraction of sp³-hybridized carbons (Fsp3) is 0.353. The van der Waals surface area contributed by atoms with Gasteiger partial charge in [0, 0.05) is 13.1 Å². The number of nitrogens with one attached hydrogen (secondary N) is 2. The SMILES string of the molecule is c1ccc2cc([C@@H]([C@H]3CCCNC3)n3cnnn3)ccc2c1.c1ccc2cc([C@H]([C@@H]3CCCNC3)n3cnnn3)ccc2c1. The molecule has 10 nitrogen and oxygen atoms in total. The van der Waals surface area contributed by atoms with E-state index in [9.17, 15) is 0 Å². The molecule has 8 rings (SSSR count). The molecule has 2 aliphatic rings. The van der Waals surface area contributed by atoms with Crippen LogP contribution in [0.15, 0.2) is 97.6 Å². The van der Waals surface area contributed by atoms with Gasteiger partial charge in [-0.05, 0) is 116 Å². The zero-order valence-corrected chi connectivity index (χ0v) is 24.8. The Morgan fingerprint density at radius 1 is 0.568 bits per heavy atom. The molecule has 0 spiro atoms. The standard InChI is InChI=1S/2C17H19N5/c2*1-2-5-14-10-15(8-7-13(14)4-1)17(22-12-19-20-21-22)16-6-3-9-18-11-16/h2*1-2,4-5,7-8,10,12,16-18H,3,6,9,11H2/t2*16-,17-/m10/s1. The van der Waals surface area contributed by atoms with Gasteiger partial charge < -0.3 is 10.6 Å². The molecule has 10 heteroatoms. The van der Waals surface area contributed by atoms with Crippen LogP contribution in [0.2, 0.25) is 0 Å². The summed E-state index contributed by atoms with van der Waals surface area (Å²) in [7, 11) is 0. The van der Waals surface area contributed by atoms with Crippen LogP contribution in [0, 0.1) is 11.8 Å². The van der Waals surface area contributed by atoms with Crippen molar-refractivity contribution in [1.29, 1.82) is 0 Å². The van der Waals surface area contributed by atoms with Crippen LogP contribution in [0.5, 0.6) is 0 Å². The van der Waals surface area contributed by atoms with Crippen LogP contribution in [-0.2, 0) is 0 Å². The lowest BCUT2D eigenvalue weighted by atomic mass is 9.86. The van der Waals surface area contributed by atoms with Gasteiger partial charge in [-0.2, -0.15) is 0 Å². The van der Waals surface area contributed by atoms with Crippen LogP contribution < -0.4 is 10.6 Å². The zero-order valence-electron chi connectivity index (χ0n) is 24.8. The van der Waals surface area contributed by atoms with Crippen molar-refractivity contribution in [3.8, 4) is 0 Å². The highest BCUT2D eigenvalue weighted by Crippen LogP contribution is 2.33. The molecular weight excluding hydrogens is 548 g/mol. The van der Waals surface area contributed by atoms with Gasteiger partial charge in [0.2, 0.25) is 0 Å². The van der Waals surface area contributed by atoms with E-state index >= 15 is 0 Å². The van der Waals surface area contributed by atoms with E-state index in [0.717, 1.165) is 26.2 Å². The van der Waals surface area contributed by atoms with Gasteiger partial charge in [0.1, 0.15) is 12.7 Å². The zero-order chi connectivity index (χ0) is 29.6. The number of piperidine rings is 2. The Kier molecular flexibility index (Phi) is 8.60. The maximum atomic E-state index is 4.18. The minimum absolute atomic E-state index is 0.187. The number of benzene rings is 4. The van der Waals surface area contributed by atoms with Crippen molar-refractivity contribution < 1.29 is 0 Å². The predicted molar refractivity (Wildman–Crippen MR) is 171 cm³/mol. The van der Waals surface area contributed by atoms with Crippen molar-refractivity contribution in [1.82, 2.24) is 51.0 Å². The number of tetrazole rings is 2. The van der Waals surface area contributed by atoms with E-state index in [1.165, 1.54) is 58.4 Å². The first kappa shape index (κ1) is 28.2. The normalized spacial score (nSPS) is 20.1. The van der Waals surface area contributed by atoms with Gasteiger partial charge in [0.05, 0.1) is 12.1 Å². The second-order valence-corrected chi connectivity index (χ2v) is 11.9. The number of rotatable bonds is 6. The Balaban J connectivity index is 0.000000142. The molecule has 2 aliphatic heterocycles. The highest BCUT2D eigenvalue weighted by molar-refractivity contribution is 5.83. The molecule has 0 amide bonds. The summed E-state index contributed by atoms with van der Waals surface area (Å²) in [5, 5.41) is 35.8. The number of aromatic nitrogens is 8. The first-order valence-electron chi connectivity index (χ1n) is 15.7. The Hall–Kier alpha value is -4.54. The van der Waals surface area contributed by atoms with E-state index in [2.05, 4.69) is 127 Å². The largest absolute Gasteiger partial charge is 0.316 e. The minimum atomic E-state index is 0.187. The molecule has 2 fully saturated rings. The number of fused-ring (bicyclic) bond motifs is 2. The van der Waals surface area contributed by atoms with E-state index in [1.807, 2.05) is 9.36 Å². The summed E-state index contributed by atoms with van der Waals surface area (Å²) < 4.78 is 3.81. The summed E-state index contributed by atoms with van der Waals surface area (Å²) in [4.78, 5) is 0. The quantitative estimate of drug-likeness (QED) is 0.286. The van der Waals surface area contributed by atoms with Gasteiger partial charge in [-0.1, -0.05) is 72.8 Å². The van der Waals surface area contributed by atoms with Gasteiger partial charge in [0.15, 0.2) is 0 Å². The molecule has 4 aromatic carbocycles. The van der Waals surface area contributed by atoms with Gasteiger partial charge >= 0.3 is 0 Å².